The Morgan fingerprint density at radius 2 is 2.35 bits per heavy atom. The van der Waals surface area contributed by atoms with Gasteiger partial charge in [-0.25, -0.2) is 0 Å². The Bertz CT molecular complexity index is 415. The molecule has 1 atom stereocenters. The summed E-state index contributed by atoms with van der Waals surface area (Å²) in [7, 11) is 0. The summed E-state index contributed by atoms with van der Waals surface area (Å²) in [6, 6.07) is 2.48. The van der Waals surface area contributed by atoms with E-state index in [2.05, 4.69) is 31.1 Å². The summed E-state index contributed by atoms with van der Waals surface area (Å²) in [5.41, 5.74) is 2.26. The van der Waals surface area contributed by atoms with E-state index in [0.717, 1.165) is 16.6 Å². The lowest BCUT2D eigenvalue weighted by molar-refractivity contribution is 0.529. The van der Waals surface area contributed by atoms with Crippen molar-refractivity contribution >= 4 is 22.6 Å². The molecule has 2 rings (SSSR count). The second-order valence-corrected chi connectivity index (χ2v) is 5.85. The van der Waals surface area contributed by atoms with Crippen LogP contribution < -0.4 is 5.32 Å². The second kappa shape index (κ2) is 5.54. The van der Waals surface area contributed by atoms with E-state index in [-0.39, 0.29) is 0 Å². The quantitative estimate of drug-likeness (QED) is 0.893. The number of pyridine rings is 1. The largest absolute Gasteiger partial charge is 0.333 e. The molecule has 92 valence electrons. The maximum absolute atomic E-state index is 4.71. The summed E-state index contributed by atoms with van der Waals surface area (Å²) in [6.07, 6.45) is 4.84. The Morgan fingerprint density at radius 1 is 1.53 bits per heavy atom. The first-order chi connectivity index (χ1) is 8.15. The molecule has 0 saturated heterocycles. The number of amidine groups is 1. The molecule has 0 spiro atoms. The third-order valence-electron chi connectivity index (χ3n) is 2.74. The van der Waals surface area contributed by atoms with E-state index in [9.17, 15) is 0 Å². The van der Waals surface area contributed by atoms with Gasteiger partial charge in [0.15, 0.2) is 5.17 Å². The monoisotopic (exact) mass is 249 g/mol. The number of aryl methyl sites for hydroxylation is 1. The van der Waals surface area contributed by atoms with Crippen molar-refractivity contribution in [2.45, 2.75) is 33.2 Å². The van der Waals surface area contributed by atoms with Gasteiger partial charge < -0.3 is 5.32 Å². The predicted octanol–water partition coefficient (Wildman–Crippen LogP) is 3.32. The van der Waals surface area contributed by atoms with Crippen molar-refractivity contribution in [1.82, 2.24) is 4.98 Å². The molecule has 0 bridgehead atoms. The molecule has 1 aromatic heterocycles. The minimum atomic E-state index is 0.472. The molecule has 1 aromatic rings. The molecule has 0 amide bonds. The topological polar surface area (TPSA) is 37.3 Å². The highest BCUT2D eigenvalue weighted by Gasteiger charge is 2.19. The molecule has 1 aliphatic heterocycles. The van der Waals surface area contributed by atoms with Crippen LogP contribution in [0.15, 0.2) is 23.5 Å². The van der Waals surface area contributed by atoms with E-state index in [4.69, 9.17) is 4.99 Å². The number of nitrogens with one attached hydrogen (secondary N) is 1. The number of hydrogen-bond acceptors (Lipinski definition) is 4. The standard InChI is InChI=1S/C13H19N3S/c1-9(2)6-11-8-17-13(15-11)16-12-7-14-5-4-10(12)3/h4-5,7,9,11H,6,8H2,1-3H3,(H,15,16). The highest BCUT2D eigenvalue weighted by atomic mass is 32.2. The van der Waals surface area contributed by atoms with E-state index in [1.807, 2.05) is 30.2 Å². The zero-order valence-electron chi connectivity index (χ0n) is 10.6. The fraction of sp³-hybridized carbons (Fsp3) is 0.538. The van der Waals surface area contributed by atoms with Gasteiger partial charge in [0.2, 0.25) is 0 Å². The number of anilines is 1. The van der Waals surface area contributed by atoms with Crippen LogP contribution in [0.5, 0.6) is 0 Å². The molecule has 2 heterocycles. The average molecular weight is 249 g/mol. The zero-order valence-corrected chi connectivity index (χ0v) is 11.4. The Balaban J connectivity index is 1.99. The summed E-state index contributed by atoms with van der Waals surface area (Å²) in [5.74, 6) is 1.81. The van der Waals surface area contributed by atoms with E-state index in [1.54, 1.807) is 0 Å². The van der Waals surface area contributed by atoms with Crippen molar-refractivity contribution in [1.29, 1.82) is 0 Å². The lowest BCUT2D eigenvalue weighted by Crippen LogP contribution is -2.08. The van der Waals surface area contributed by atoms with Gasteiger partial charge in [0.05, 0.1) is 17.9 Å². The van der Waals surface area contributed by atoms with E-state index in [0.29, 0.717) is 12.0 Å². The third-order valence-corrected chi connectivity index (χ3v) is 3.77. The lowest BCUT2D eigenvalue weighted by Gasteiger charge is -2.08. The Hall–Kier alpha value is -1.03. The van der Waals surface area contributed by atoms with Crippen molar-refractivity contribution in [2.24, 2.45) is 10.9 Å². The van der Waals surface area contributed by atoms with Crippen LogP contribution in [0.3, 0.4) is 0 Å². The summed E-state index contributed by atoms with van der Waals surface area (Å²) in [6.45, 7) is 6.57. The highest BCUT2D eigenvalue weighted by molar-refractivity contribution is 8.14. The van der Waals surface area contributed by atoms with Gasteiger partial charge in [0, 0.05) is 11.9 Å². The molecule has 1 N–H and O–H groups in total. The van der Waals surface area contributed by atoms with Gasteiger partial charge in [0.25, 0.3) is 0 Å². The molecule has 3 nitrogen and oxygen atoms in total. The molecule has 0 radical (unpaired) electrons. The van der Waals surface area contributed by atoms with Crippen molar-refractivity contribution in [2.75, 3.05) is 11.1 Å². The predicted molar refractivity (Wildman–Crippen MR) is 75.7 cm³/mol. The first-order valence-corrected chi connectivity index (χ1v) is 7.02. The van der Waals surface area contributed by atoms with Gasteiger partial charge in [-0.15, -0.1) is 0 Å². The molecule has 1 unspecified atom stereocenters. The van der Waals surface area contributed by atoms with Gasteiger partial charge >= 0.3 is 0 Å². The molecule has 4 heteroatoms. The Labute approximate surface area is 107 Å². The van der Waals surface area contributed by atoms with Crippen LogP contribution in [-0.4, -0.2) is 21.9 Å². The van der Waals surface area contributed by atoms with E-state index < -0.39 is 0 Å². The van der Waals surface area contributed by atoms with Gasteiger partial charge in [-0.1, -0.05) is 25.6 Å². The molecule has 0 saturated carbocycles. The van der Waals surface area contributed by atoms with Crippen LogP contribution in [0.4, 0.5) is 5.69 Å². The van der Waals surface area contributed by atoms with Gasteiger partial charge in [-0.2, -0.15) is 0 Å². The van der Waals surface area contributed by atoms with Crippen molar-refractivity contribution in [3.8, 4) is 0 Å². The number of hydrogen-bond donors (Lipinski definition) is 1. The molecule has 0 fully saturated rings. The second-order valence-electron chi connectivity index (χ2n) is 4.84. The first-order valence-electron chi connectivity index (χ1n) is 6.03. The number of aromatic nitrogens is 1. The molecular weight excluding hydrogens is 230 g/mol. The summed E-state index contributed by atoms with van der Waals surface area (Å²) in [4.78, 5) is 8.83. The summed E-state index contributed by atoms with van der Waals surface area (Å²) >= 11 is 1.81. The van der Waals surface area contributed by atoms with E-state index in [1.165, 1.54) is 12.0 Å². The SMILES string of the molecule is Cc1ccncc1NC1=NC(CC(C)C)CS1. The summed E-state index contributed by atoms with van der Waals surface area (Å²) in [5, 5.41) is 4.40. The molecule has 1 aliphatic rings. The minimum Gasteiger partial charge on any atom is -0.333 e. The minimum absolute atomic E-state index is 0.472. The van der Waals surface area contributed by atoms with E-state index >= 15 is 0 Å². The van der Waals surface area contributed by atoms with Crippen LogP contribution in [0, 0.1) is 12.8 Å². The van der Waals surface area contributed by atoms with Crippen LogP contribution in [0.25, 0.3) is 0 Å². The zero-order chi connectivity index (χ0) is 12.3. The normalized spacial score (nSPS) is 19.5. The highest BCUT2D eigenvalue weighted by Crippen LogP contribution is 2.24. The van der Waals surface area contributed by atoms with Gasteiger partial charge in [-0.05, 0) is 30.9 Å². The van der Waals surface area contributed by atoms with Crippen molar-refractivity contribution < 1.29 is 0 Å². The van der Waals surface area contributed by atoms with Crippen molar-refractivity contribution in [3.05, 3.63) is 24.0 Å². The van der Waals surface area contributed by atoms with Crippen LogP contribution in [-0.2, 0) is 0 Å². The molecule has 17 heavy (non-hydrogen) atoms. The molecule has 0 aliphatic carbocycles. The maximum atomic E-state index is 4.71. The fourth-order valence-corrected chi connectivity index (χ4v) is 2.83. The van der Waals surface area contributed by atoms with Gasteiger partial charge in [0.1, 0.15) is 0 Å². The van der Waals surface area contributed by atoms with Gasteiger partial charge in [-0.3, -0.25) is 9.98 Å². The Morgan fingerprint density at radius 3 is 3.06 bits per heavy atom. The van der Waals surface area contributed by atoms with Crippen LogP contribution in [0.1, 0.15) is 25.8 Å². The fourth-order valence-electron chi connectivity index (χ4n) is 1.86. The summed E-state index contributed by atoms with van der Waals surface area (Å²) < 4.78 is 0. The molecule has 0 aromatic carbocycles. The Kier molecular flexibility index (Phi) is 4.05. The first kappa shape index (κ1) is 12.4. The van der Waals surface area contributed by atoms with Crippen LogP contribution >= 0.6 is 11.8 Å². The lowest BCUT2D eigenvalue weighted by atomic mass is 10.1. The maximum Gasteiger partial charge on any atom is 0.161 e. The number of aliphatic imine (C=N–C) groups is 1. The average Bonchev–Trinajstić information content (AvgIpc) is 2.68. The number of nitrogens with zero attached hydrogens (tertiary/aromatic N) is 2. The number of rotatable bonds is 3. The smallest absolute Gasteiger partial charge is 0.161 e. The third kappa shape index (κ3) is 3.46. The number of thioether (sulfide) groups is 1. The van der Waals surface area contributed by atoms with Crippen LogP contribution in [0.2, 0.25) is 0 Å². The molecular formula is C13H19N3S. The van der Waals surface area contributed by atoms with Crippen molar-refractivity contribution in [3.63, 3.8) is 0 Å².